The van der Waals surface area contributed by atoms with Crippen LogP contribution >= 0.6 is 0 Å². The van der Waals surface area contributed by atoms with E-state index in [1.54, 1.807) is 30.3 Å². The molecule has 0 radical (unpaired) electrons. The van der Waals surface area contributed by atoms with Crippen molar-refractivity contribution in [3.63, 3.8) is 0 Å². The number of amides is 1. The third-order valence-corrected chi connectivity index (χ3v) is 7.24. The Morgan fingerprint density at radius 1 is 1.00 bits per heavy atom. The molecule has 210 valence electrons. The summed E-state index contributed by atoms with van der Waals surface area (Å²) in [7, 11) is 0.781. The van der Waals surface area contributed by atoms with Crippen molar-refractivity contribution in [2.75, 3.05) is 26.7 Å². The minimum atomic E-state index is -5.11. The molecule has 4 rings (SSSR count). The highest BCUT2D eigenvalue weighted by Gasteiger charge is 2.65. The molecule has 39 heavy (non-hydrogen) atoms. The molecule has 12 heteroatoms. The zero-order chi connectivity index (χ0) is 28.2. The number of likely N-dealkylation sites (tertiary alicyclic amines) is 1. The number of benzene rings is 2. The Bertz CT molecular complexity index is 1160. The van der Waals surface area contributed by atoms with Crippen LogP contribution in [0.1, 0.15) is 24.0 Å². The molecule has 0 aromatic heterocycles. The topological polar surface area (TPSA) is 108 Å². The van der Waals surface area contributed by atoms with Crippen molar-refractivity contribution in [3.05, 3.63) is 71.8 Å². The third kappa shape index (κ3) is 5.71. The molecule has 2 aromatic carbocycles. The van der Waals surface area contributed by atoms with Gasteiger partial charge in [-0.2, -0.15) is 13.2 Å². The highest BCUT2D eigenvalue weighted by atomic mass is 19.4. The number of hydrogen-bond donors (Lipinski definition) is 0. The molecule has 2 saturated heterocycles. The third-order valence-electron chi connectivity index (χ3n) is 7.24. The molecule has 0 bridgehead atoms. The van der Waals surface area contributed by atoms with Gasteiger partial charge in [0.25, 0.3) is 5.60 Å². The number of nitrogens with zero attached hydrogens (tertiary/aromatic N) is 2. The molecule has 2 aliphatic rings. The highest BCUT2D eigenvalue weighted by molar-refractivity contribution is 5.83. The van der Waals surface area contributed by atoms with Gasteiger partial charge in [0.1, 0.15) is 18.7 Å². The van der Waals surface area contributed by atoms with Crippen LogP contribution in [0.4, 0.5) is 18.0 Å². The molecule has 0 N–H and O–H groups in total. The van der Waals surface area contributed by atoms with E-state index in [0.29, 0.717) is 12.8 Å². The SMILES string of the molecule is CO[C@@](C(=O)ON1CC(C2CCCN(C(=O)[O-])C2C(=O)OCc2ccccc2)C1)(c1ccccc1)C(F)(F)F. The first-order valence-corrected chi connectivity index (χ1v) is 12.4. The van der Waals surface area contributed by atoms with E-state index in [0.717, 1.165) is 34.8 Å². The lowest BCUT2D eigenvalue weighted by atomic mass is 9.76. The predicted molar refractivity (Wildman–Crippen MR) is 127 cm³/mol. The minimum Gasteiger partial charge on any atom is -0.530 e. The molecule has 2 aromatic rings. The fourth-order valence-corrected chi connectivity index (χ4v) is 5.22. The number of piperidine rings is 1. The van der Waals surface area contributed by atoms with E-state index in [-0.39, 0.29) is 32.2 Å². The lowest BCUT2D eigenvalue weighted by Gasteiger charge is -2.49. The van der Waals surface area contributed by atoms with Crippen LogP contribution in [-0.4, -0.2) is 67.0 Å². The number of halogens is 3. The van der Waals surface area contributed by atoms with Gasteiger partial charge in [0.2, 0.25) is 0 Å². The van der Waals surface area contributed by atoms with Crippen molar-refractivity contribution in [2.24, 2.45) is 11.8 Å². The number of hydrogen-bond acceptors (Lipinski definition) is 8. The summed E-state index contributed by atoms with van der Waals surface area (Å²) in [6.07, 6.45) is -5.68. The zero-order valence-electron chi connectivity index (χ0n) is 21.1. The van der Waals surface area contributed by atoms with E-state index in [1.807, 2.05) is 0 Å². The number of rotatable bonds is 8. The molecule has 2 aliphatic heterocycles. The Hall–Kier alpha value is -3.64. The summed E-state index contributed by atoms with van der Waals surface area (Å²) in [5, 5.41) is 12.9. The van der Waals surface area contributed by atoms with Crippen molar-refractivity contribution in [1.29, 1.82) is 0 Å². The van der Waals surface area contributed by atoms with E-state index in [1.165, 1.54) is 18.2 Å². The molecule has 1 amide bonds. The van der Waals surface area contributed by atoms with Crippen molar-refractivity contribution in [1.82, 2.24) is 9.96 Å². The summed E-state index contributed by atoms with van der Waals surface area (Å²) < 4.78 is 52.6. The van der Waals surface area contributed by atoms with Crippen LogP contribution in [0.2, 0.25) is 0 Å². The Morgan fingerprint density at radius 3 is 2.18 bits per heavy atom. The van der Waals surface area contributed by atoms with E-state index < -0.39 is 47.3 Å². The zero-order valence-corrected chi connectivity index (χ0v) is 21.1. The maximum atomic E-state index is 14.1. The van der Waals surface area contributed by atoms with E-state index in [2.05, 4.69) is 0 Å². The summed E-state index contributed by atoms with van der Waals surface area (Å²) in [5.41, 5.74) is -3.04. The van der Waals surface area contributed by atoms with E-state index >= 15 is 0 Å². The van der Waals surface area contributed by atoms with Gasteiger partial charge in [0.05, 0.1) is 0 Å². The number of methoxy groups -OCH3 is 1. The Labute approximate surface area is 223 Å². The van der Waals surface area contributed by atoms with Crippen molar-refractivity contribution >= 4 is 18.0 Å². The van der Waals surface area contributed by atoms with Crippen LogP contribution in [0.15, 0.2) is 60.7 Å². The van der Waals surface area contributed by atoms with Gasteiger partial charge in [0, 0.05) is 32.3 Å². The van der Waals surface area contributed by atoms with Crippen LogP contribution in [-0.2, 0) is 36.1 Å². The van der Waals surface area contributed by atoms with Gasteiger partial charge < -0.3 is 29.1 Å². The van der Waals surface area contributed by atoms with E-state index in [4.69, 9.17) is 14.3 Å². The molecule has 3 atom stereocenters. The number of esters is 1. The molecule has 0 spiro atoms. The van der Waals surface area contributed by atoms with E-state index in [9.17, 15) is 32.7 Å². The lowest BCUT2D eigenvalue weighted by molar-refractivity contribution is -0.301. The lowest BCUT2D eigenvalue weighted by Crippen LogP contribution is -2.63. The quantitative estimate of drug-likeness (QED) is 0.463. The molecule has 0 saturated carbocycles. The highest BCUT2D eigenvalue weighted by Crippen LogP contribution is 2.44. The number of alkyl halides is 3. The Morgan fingerprint density at radius 2 is 1.62 bits per heavy atom. The van der Waals surface area contributed by atoms with Gasteiger partial charge in [-0.15, -0.1) is 5.06 Å². The summed E-state index contributed by atoms with van der Waals surface area (Å²) in [6, 6.07) is 14.2. The van der Waals surface area contributed by atoms with Crippen LogP contribution in [0, 0.1) is 11.8 Å². The molecular formula is C27H28F3N2O7-. The molecule has 2 heterocycles. The fourth-order valence-electron chi connectivity index (χ4n) is 5.22. The predicted octanol–water partition coefficient (Wildman–Crippen LogP) is 2.65. The molecule has 9 nitrogen and oxygen atoms in total. The van der Waals surface area contributed by atoms with Crippen molar-refractivity contribution in [3.8, 4) is 0 Å². The number of ether oxygens (including phenoxy) is 2. The number of carbonyl (C=O) groups excluding carboxylic acids is 3. The monoisotopic (exact) mass is 549 g/mol. The smallest absolute Gasteiger partial charge is 0.432 e. The summed E-state index contributed by atoms with van der Waals surface area (Å²) in [5.74, 6) is -3.23. The average molecular weight is 550 g/mol. The largest absolute Gasteiger partial charge is 0.530 e. The molecule has 2 unspecified atom stereocenters. The van der Waals surface area contributed by atoms with Gasteiger partial charge in [-0.1, -0.05) is 60.7 Å². The standard InChI is InChI=1S/C27H29F3N2O7/c1-37-26(27(28,29)30,20-11-6-3-7-12-20)24(34)39-31-15-19(16-31)21-13-8-14-32(25(35)36)22(21)23(33)38-17-18-9-4-2-5-10-18/h2-7,9-12,19,21-22H,8,13-17H2,1H3,(H,35,36)/p-1/t21?,22?,26-/m1/s1. The van der Waals surface area contributed by atoms with Gasteiger partial charge in [-0.05, 0) is 30.2 Å². The maximum Gasteiger partial charge on any atom is 0.432 e. The van der Waals surface area contributed by atoms with Gasteiger partial charge in [0.15, 0.2) is 0 Å². The second-order valence-electron chi connectivity index (χ2n) is 9.54. The van der Waals surface area contributed by atoms with Crippen LogP contribution < -0.4 is 5.11 Å². The molecule has 2 fully saturated rings. The maximum absolute atomic E-state index is 14.1. The second kappa shape index (κ2) is 11.6. The first kappa shape index (κ1) is 28.4. The van der Waals surface area contributed by atoms with Crippen molar-refractivity contribution < 1.29 is 47.0 Å². The van der Waals surface area contributed by atoms with Crippen molar-refractivity contribution in [2.45, 2.75) is 37.3 Å². The average Bonchev–Trinajstić information content (AvgIpc) is 2.89. The summed E-state index contributed by atoms with van der Waals surface area (Å²) in [6.45, 7) is 0.0565. The first-order chi connectivity index (χ1) is 18.6. The first-order valence-electron chi connectivity index (χ1n) is 12.4. The summed E-state index contributed by atoms with van der Waals surface area (Å²) >= 11 is 0. The normalized spacial score (nSPS) is 21.9. The molecule has 0 aliphatic carbocycles. The Kier molecular flexibility index (Phi) is 8.45. The van der Waals surface area contributed by atoms with Crippen LogP contribution in [0.25, 0.3) is 0 Å². The summed E-state index contributed by atoms with van der Waals surface area (Å²) in [4.78, 5) is 43.8. The van der Waals surface area contributed by atoms with Crippen LogP contribution in [0.5, 0.6) is 0 Å². The second-order valence-corrected chi connectivity index (χ2v) is 9.54. The van der Waals surface area contributed by atoms with Gasteiger partial charge in [-0.3, -0.25) is 0 Å². The number of carbonyl (C=O) groups is 3. The van der Waals surface area contributed by atoms with Gasteiger partial charge >= 0.3 is 18.1 Å². The van der Waals surface area contributed by atoms with Gasteiger partial charge in [-0.25, -0.2) is 9.59 Å². The molecular weight excluding hydrogens is 521 g/mol. The fraction of sp³-hybridized carbons (Fsp3) is 0.444. The Balaban J connectivity index is 1.45. The number of carboxylic acid groups (broad SMARTS) is 1. The van der Waals surface area contributed by atoms with Crippen LogP contribution in [0.3, 0.4) is 0 Å². The number of hydroxylamine groups is 2. The minimum absolute atomic E-state index is 0.00615.